The Bertz CT molecular complexity index is 696. The van der Waals surface area contributed by atoms with E-state index in [0.717, 1.165) is 5.56 Å². The topological polar surface area (TPSA) is 78.4 Å². The molecule has 1 spiro atoms. The van der Waals surface area contributed by atoms with E-state index in [1.807, 2.05) is 6.07 Å². The average Bonchev–Trinajstić information content (AvgIpc) is 2.95. The zero-order chi connectivity index (χ0) is 17.0. The SMILES string of the molecule is CC(C)(C)Cc1cc(F)c2c(c1)C1(CNC(C(=O)O)C1)C(=O)N2. The number of aliphatic carboxylic acids is 1. The first-order valence-electron chi connectivity index (χ1n) is 7.73. The Hall–Kier alpha value is -1.95. The first kappa shape index (κ1) is 15.9. The van der Waals surface area contributed by atoms with Crippen LogP contribution in [0.2, 0.25) is 0 Å². The predicted octanol–water partition coefficient (Wildman–Crippen LogP) is 2.05. The summed E-state index contributed by atoms with van der Waals surface area (Å²) >= 11 is 0. The molecule has 1 aromatic rings. The minimum atomic E-state index is -0.993. The number of rotatable bonds is 2. The number of amides is 1. The lowest BCUT2D eigenvalue weighted by atomic mass is 9.78. The van der Waals surface area contributed by atoms with Gasteiger partial charge in [0.25, 0.3) is 0 Å². The molecule has 1 fully saturated rings. The molecule has 3 N–H and O–H groups in total. The zero-order valence-corrected chi connectivity index (χ0v) is 13.5. The van der Waals surface area contributed by atoms with Gasteiger partial charge in [-0.1, -0.05) is 26.8 Å². The minimum Gasteiger partial charge on any atom is -0.480 e. The van der Waals surface area contributed by atoms with Crippen molar-refractivity contribution in [1.29, 1.82) is 0 Å². The number of hydrogen-bond donors (Lipinski definition) is 3. The Morgan fingerprint density at radius 2 is 2.13 bits per heavy atom. The molecule has 5 nitrogen and oxygen atoms in total. The fourth-order valence-corrected chi connectivity index (χ4v) is 3.58. The summed E-state index contributed by atoms with van der Waals surface area (Å²) in [6.07, 6.45) is 0.816. The molecule has 0 radical (unpaired) electrons. The molecule has 1 amide bonds. The second kappa shape index (κ2) is 5.03. The third-order valence-electron chi connectivity index (χ3n) is 4.57. The number of hydrogen-bond acceptors (Lipinski definition) is 3. The van der Waals surface area contributed by atoms with Crippen LogP contribution in [0.15, 0.2) is 12.1 Å². The van der Waals surface area contributed by atoms with Crippen LogP contribution < -0.4 is 10.6 Å². The van der Waals surface area contributed by atoms with Crippen molar-refractivity contribution in [2.45, 2.75) is 45.1 Å². The van der Waals surface area contributed by atoms with Crippen molar-refractivity contribution in [2.75, 3.05) is 11.9 Å². The molecular weight excluding hydrogens is 299 g/mol. The number of carbonyl (C=O) groups excluding carboxylic acids is 1. The Kier molecular flexibility index (Phi) is 3.48. The summed E-state index contributed by atoms with van der Waals surface area (Å²) in [5, 5.41) is 14.7. The maximum Gasteiger partial charge on any atom is 0.320 e. The molecule has 2 aliphatic rings. The van der Waals surface area contributed by atoms with Crippen LogP contribution >= 0.6 is 0 Å². The lowest BCUT2D eigenvalue weighted by Crippen LogP contribution is -2.36. The standard InChI is InChI=1S/C17H21FN2O3/c1-16(2,3)6-9-4-10-13(11(18)5-9)20-15(23)17(10)7-12(14(21)22)19-8-17/h4-5,12,19H,6-8H2,1-3H3,(H,20,23)(H,21,22). The fraction of sp³-hybridized carbons (Fsp3) is 0.529. The van der Waals surface area contributed by atoms with Gasteiger partial charge in [-0.15, -0.1) is 0 Å². The van der Waals surface area contributed by atoms with Crippen LogP contribution in [-0.2, 0) is 21.4 Å². The summed E-state index contributed by atoms with van der Waals surface area (Å²) in [5.74, 6) is -1.77. The number of anilines is 1. The monoisotopic (exact) mass is 320 g/mol. The van der Waals surface area contributed by atoms with E-state index in [4.69, 9.17) is 0 Å². The summed E-state index contributed by atoms with van der Waals surface area (Å²) in [6.45, 7) is 6.40. The van der Waals surface area contributed by atoms with Gasteiger partial charge in [-0.25, -0.2) is 4.39 Å². The van der Waals surface area contributed by atoms with Gasteiger partial charge in [-0.2, -0.15) is 0 Å². The Labute approximate surface area is 134 Å². The van der Waals surface area contributed by atoms with Crippen molar-refractivity contribution in [3.63, 3.8) is 0 Å². The molecule has 3 rings (SSSR count). The highest BCUT2D eigenvalue weighted by Crippen LogP contribution is 2.45. The summed E-state index contributed by atoms with van der Waals surface area (Å²) in [5.41, 5.74) is 0.594. The second-order valence-corrected chi connectivity index (χ2v) is 7.75. The van der Waals surface area contributed by atoms with E-state index in [1.54, 1.807) is 0 Å². The van der Waals surface area contributed by atoms with Crippen molar-refractivity contribution in [2.24, 2.45) is 5.41 Å². The highest BCUT2D eigenvalue weighted by Gasteiger charge is 2.54. The van der Waals surface area contributed by atoms with Gasteiger partial charge in [0, 0.05) is 6.54 Å². The van der Waals surface area contributed by atoms with Crippen LogP contribution in [0.3, 0.4) is 0 Å². The largest absolute Gasteiger partial charge is 0.480 e. The third kappa shape index (κ3) is 2.61. The van der Waals surface area contributed by atoms with Gasteiger partial charge in [0.05, 0.1) is 11.1 Å². The fourth-order valence-electron chi connectivity index (χ4n) is 3.58. The van der Waals surface area contributed by atoms with Gasteiger partial charge in [-0.3, -0.25) is 9.59 Å². The molecule has 23 heavy (non-hydrogen) atoms. The Balaban J connectivity index is 2.05. The lowest BCUT2D eigenvalue weighted by molar-refractivity contribution is -0.139. The van der Waals surface area contributed by atoms with E-state index in [0.29, 0.717) is 12.0 Å². The number of benzene rings is 1. The van der Waals surface area contributed by atoms with Gasteiger partial charge >= 0.3 is 5.97 Å². The summed E-state index contributed by atoms with van der Waals surface area (Å²) in [6, 6.07) is 2.52. The smallest absolute Gasteiger partial charge is 0.320 e. The molecule has 1 saturated heterocycles. The van der Waals surface area contributed by atoms with E-state index in [1.165, 1.54) is 6.07 Å². The van der Waals surface area contributed by atoms with Crippen molar-refractivity contribution >= 4 is 17.6 Å². The van der Waals surface area contributed by atoms with Gasteiger partial charge in [0.1, 0.15) is 11.9 Å². The van der Waals surface area contributed by atoms with Gasteiger partial charge in [0.15, 0.2) is 0 Å². The van der Waals surface area contributed by atoms with E-state index in [2.05, 4.69) is 31.4 Å². The first-order chi connectivity index (χ1) is 10.6. The number of carboxylic acid groups (broad SMARTS) is 1. The highest BCUT2D eigenvalue weighted by molar-refractivity contribution is 6.07. The summed E-state index contributed by atoms with van der Waals surface area (Å²) < 4.78 is 14.4. The maximum atomic E-state index is 14.4. The zero-order valence-electron chi connectivity index (χ0n) is 13.5. The van der Waals surface area contributed by atoms with Crippen molar-refractivity contribution < 1.29 is 19.1 Å². The first-order valence-corrected chi connectivity index (χ1v) is 7.73. The highest BCUT2D eigenvalue weighted by atomic mass is 19.1. The second-order valence-electron chi connectivity index (χ2n) is 7.75. The van der Waals surface area contributed by atoms with Crippen LogP contribution in [0.5, 0.6) is 0 Å². The molecule has 2 atom stereocenters. The molecular formula is C17H21FN2O3. The normalized spacial score (nSPS) is 26.4. The molecule has 2 heterocycles. The van der Waals surface area contributed by atoms with Gasteiger partial charge in [-0.05, 0) is 35.4 Å². The third-order valence-corrected chi connectivity index (χ3v) is 4.57. The number of fused-ring (bicyclic) bond motifs is 2. The average molecular weight is 320 g/mol. The lowest BCUT2D eigenvalue weighted by Gasteiger charge is -2.22. The van der Waals surface area contributed by atoms with E-state index < -0.39 is 23.2 Å². The molecule has 0 bridgehead atoms. The maximum absolute atomic E-state index is 14.4. The number of carbonyl (C=O) groups is 2. The molecule has 2 unspecified atom stereocenters. The molecule has 6 heteroatoms. The summed E-state index contributed by atoms with van der Waals surface area (Å²) in [4.78, 5) is 23.7. The molecule has 2 aliphatic heterocycles. The predicted molar refractivity (Wildman–Crippen MR) is 83.9 cm³/mol. The van der Waals surface area contributed by atoms with Crippen LogP contribution in [0.25, 0.3) is 0 Å². The number of carboxylic acids is 1. The molecule has 124 valence electrons. The molecule has 0 saturated carbocycles. The van der Waals surface area contributed by atoms with Crippen LogP contribution in [-0.4, -0.2) is 29.6 Å². The minimum absolute atomic E-state index is 0.0125. The Morgan fingerprint density at radius 1 is 1.43 bits per heavy atom. The molecule has 1 aromatic carbocycles. The van der Waals surface area contributed by atoms with Gasteiger partial charge < -0.3 is 15.7 Å². The summed E-state index contributed by atoms with van der Waals surface area (Å²) in [7, 11) is 0. The van der Waals surface area contributed by atoms with E-state index >= 15 is 0 Å². The van der Waals surface area contributed by atoms with Crippen LogP contribution in [0, 0.1) is 11.2 Å². The quantitative estimate of drug-likeness (QED) is 0.779. The number of halogens is 1. The van der Waals surface area contributed by atoms with E-state index in [9.17, 15) is 19.1 Å². The van der Waals surface area contributed by atoms with Crippen LogP contribution in [0.1, 0.15) is 38.3 Å². The van der Waals surface area contributed by atoms with Crippen molar-refractivity contribution in [3.05, 3.63) is 29.1 Å². The van der Waals surface area contributed by atoms with E-state index in [-0.39, 0.29) is 30.0 Å². The molecule has 0 aliphatic carbocycles. The van der Waals surface area contributed by atoms with Gasteiger partial charge in [0.2, 0.25) is 5.91 Å². The van der Waals surface area contributed by atoms with Crippen molar-refractivity contribution in [1.82, 2.24) is 5.32 Å². The van der Waals surface area contributed by atoms with Crippen LogP contribution in [0.4, 0.5) is 10.1 Å². The number of nitrogens with one attached hydrogen (secondary N) is 2. The van der Waals surface area contributed by atoms with Crippen molar-refractivity contribution in [3.8, 4) is 0 Å². The Morgan fingerprint density at radius 3 is 2.70 bits per heavy atom. The molecule has 0 aromatic heterocycles.